The first-order chi connectivity index (χ1) is 16.4. The van der Waals surface area contributed by atoms with Crippen LogP contribution in [0.1, 0.15) is 16.9 Å². The third-order valence-electron chi connectivity index (χ3n) is 5.70. The molecule has 8 heteroatoms. The fourth-order valence-electron chi connectivity index (χ4n) is 3.99. The van der Waals surface area contributed by atoms with Crippen molar-refractivity contribution in [2.75, 3.05) is 13.8 Å². The van der Waals surface area contributed by atoms with E-state index >= 15 is 0 Å². The summed E-state index contributed by atoms with van der Waals surface area (Å²) in [4.78, 5) is 15.4. The van der Waals surface area contributed by atoms with E-state index in [2.05, 4.69) is 4.90 Å². The van der Waals surface area contributed by atoms with Crippen molar-refractivity contribution in [2.24, 2.45) is 0 Å². The van der Waals surface area contributed by atoms with Crippen LogP contribution in [0.15, 0.2) is 63.8 Å². The third kappa shape index (κ3) is 4.32. The Morgan fingerprint density at radius 3 is 2.68 bits per heavy atom. The van der Waals surface area contributed by atoms with Gasteiger partial charge in [-0.3, -0.25) is 9.69 Å². The van der Waals surface area contributed by atoms with Crippen molar-refractivity contribution in [1.82, 2.24) is 4.90 Å². The number of methoxy groups -OCH3 is 1. The van der Waals surface area contributed by atoms with Gasteiger partial charge in [0.15, 0.2) is 0 Å². The topological polar surface area (TPSA) is 61.1 Å². The fourth-order valence-corrected chi connectivity index (χ4v) is 4.46. The first kappa shape index (κ1) is 22.6. The van der Waals surface area contributed by atoms with Gasteiger partial charge in [0.05, 0.1) is 18.1 Å². The molecule has 1 aliphatic rings. The molecule has 0 bridgehead atoms. The number of nitrogens with zero attached hydrogens (tertiary/aromatic N) is 1. The zero-order valence-corrected chi connectivity index (χ0v) is 20.1. The van der Waals surface area contributed by atoms with Gasteiger partial charge in [0.1, 0.15) is 35.3 Å². The highest BCUT2D eigenvalue weighted by atomic mass is 35.5. The second kappa shape index (κ2) is 9.22. The molecule has 0 saturated carbocycles. The lowest BCUT2D eigenvalue weighted by molar-refractivity contribution is 0.0890. The van der Waals surface area contributed by atoms with E-state index in [1.165, 1.54) is 0 Å². The summed E-state index contributed by atoms with van der Waals surface area (Å²) in [7, 11) is 1.57. The second-order valence-corrected chi connectivity index (χ2v) is 8.86. The molecule has 0 spiro atoms. The smallest absolute Gasteiger partial charge is 0.235 e. The Kier molecular flexibility index (Phi) is 6.13. The van der Waals surface area contributed by atoms with Gasteiger partial charge in [0.2, 0.25) is 11.2 Å². The molecule has 2 heterocycles. The molecule has 0 aliphatic carbocycles. The van der Waals surface area contributed by atoms with E-state index in [1.54, 1.807) is 56.5 Å². The van der Waals surface area contributed by atoms with Gasteiger partial charge in [-0.05, 0) is 48.9 Å². The van der Waals surface area contributed by atoms with Crippen LogP contribution in [0.5, 0.6) is 23.0 Å². The zero-order chi connectivity index (χ0) is 23.8. The first-order valence-corrected chi connectivity index (χ1v) is 11.4. The normalized spacial score (nSPS) is 13.4. The summed E-state index contributed by atoms with van der Waals surface area (Å²) in [6, 6.07) is 16.0. The predicted molar refractivity (Wildman–Crippen MR) is 131 cm³/mol. The molecule has 0 fully saturated rings. The van der Waals surface area contributed by atoms with Gasteiger partial charge in [-0.1, -0.05) is 35.3 Å². The SMILES string of the molecule is COc1cccc(Oc2c(C)oc3c4c(ccc3c2=O)OCN(Cc2ccc(Cl)cc2Cl)C4)c1. The van der Waals surface area contributed by atoms with E-state index < -0.39 is 0 Å². The van der Waals surface area contributed by atoms with Crippen molar-refractivity contribution in [3.63, 3.8) is 0 Å². The molecular formula is C26H21Cl2NO5. The maximum absolute atomic E-state index is 13.3. The molecule has 3 aromatic carbocycles. The van der Waals surface area contributed by atoms with Crippen molar-refractivity contribution >= 4 is 34.2 Å². The van der Waals surface area contributed by atoms with Crippen LogP contribution in [0, 0.1) is 6.92 Å². The van der Waals surface area contributed by atoms with Crippen LogP contribution in [0.25, 0.3) is 11.0 Å². The molecule has 1 aliphatic heterocycles. The fraction of sp³-hybridized carbons (Fsp3) is 0.192. The summed E-state index contributed by atoms with van der Waals surface area (Å²) in [6.45, 7) is 3.19. The number of aryl methyl sites for hydroxylation is 1. The molecule has 0 saturated heterocycles. The Morgan fingerprint density at radius 2 is 1.88 bits per heavy atom. The van der Waals surface area contributed by atoms with Crippen LogP contribution in [-0.2, 0) is 13.1 Å². The molecule has 0 radical (unpaired) electrons. The zero-order valence-electron chi connectivity index (χ0n) is 18.6. The highest BCUT2D eigenvalue weighted by Crippen LogP contribution is 2.35. The molecule has 1 aromatic heterocycles. The van der Waals surface area contributed by atoms with Crippen molar-refractivity contribution in [3.8, 4) is 23.0 Å². The number of fused-ring (bicyclic) bond motifs is 3. The summed E-state index contributed by atoms with van der Waals surface area (Å²) in [5, 5.41) is 1.61. The molecule has 6 nitrogen and oxygen atoms in total. The lowest BCUT2D eigenvalue weighted by atomic mass is 10.1. The van der Waals surface area contributed by atoms with Crippen LogP contribution in [0.4, 0.5) is 0 Å². The van der Waals surface area contributed by atoms with E-state index in [4.69, 9.17) is 41.8 Å². The second-order valence-electron chi connectivity index (χ2n) is 8.01. The lowest BCUT2D eigenvalue weighted by Gasteiger charge is -2.29. The van der Waals surface area contributed by atoms with Crippen molar-refractivity contribution in [3.05, 3.63) is 91.8 Å². The van der Waals surface area contributed by atoms with Gasteiger partial charge in [-0.15, -0.1) is 0 Å². The van der Waals surface area contributed by atoms with Crippen molar-refractivity contribution < 1.29 is 18.6 Å². The van der Waals surface area contributed by atoms with Gasteiger partial charge in [0.25, 0.3) is 0 Å². The minimum Gasteiger partial charge on any atom is -0.497 e. The van der Waals surface area contributed by atoms with E-state index in [-0.39, 0.29) is 11.2 Å². The monoisotopic (exact) mass is 497 g/mol. The van der Waals surface area contributed by atoms with E-state index in [0.29, 0.717) is 63.8 Å². The molecule has 0 amide bonds. The molecule has 4 aromatic rings. The average Bonchev–Trinajstić information content (AvgIpc) is 2.83. The van der Waals surface area contributed by atoms with E-state index in [0.717, 1.165) is 11.1 Å². The Labute approximate surface area is 206 Å². The maximum atomic E-state index is 13.3. The quantitative estimate of drug-likeness (QED) is 0.311. The molecule has 0 unspecified atom stereocenters. The van der Waals surface area contributed by atoms with E-state index in [9.17, 15) is 4.79 Å². The Balaban J connectivity index is 1.49. The van der Waals surface area contributed by atoms with Gasteiger partial charge >= 0.3 is 0 Å². The standard InChI is InChI=1S/C26H21Cl2NO5/c1-15-25(34-19-5-3-4-18(11-19)31-2)24(30)20-8-9-23-21(26(20)33-15)13-29(14-32-23)12-16-6-7-17(27)10-22(16)28/h3-11H,12-14H2,1-2H3. The van der Waals surface area contributed by atoms with Crippen LogP contribution in [0.2, 0.25) is 10.0 Å². The van der Waals surface area contributed by atoms with Crippen molar-refractivity contribution in [2.45, 2.75) is 20.0 Å². The molecule has 0 atom stereocenters. The summed E-state index contributed by atoms with van der Waals surface area (Å²) < 4.78 is 23.2. The Hall–Kier alpha value is -3.19. The number of hydrogen-bond donors (Lipinski definition) is 0. The number of benzene rings is 3. The molecule has 34 heavy (non-hydrogen) atoms. The number of halogens is 2. The summed E-state index contributed by atoms with van der Waals surface area (Å²) in [6.07, 6.45) is 0. The summed E-state index contributed by atoms with van der Waals surface area (Å²) >= 11 is 12.4. The number of rotatable bonds is 5. The van der Waals surface area contributed by atoms with Crippen LogP contribution < -0.4 is 19.6 Å². The van der Waals surface area contributed by atoms with Crippen LogP contribution in [0.3, 0.4) is 0 Å². The Morgan fingerprint density at radius 1 is 1.06 bits per heavy atom. The van der Waals surface area contributed by atoms with Crippen LogP contribution >= 0.6 is 23.2 Å². The lowest BCUT2D eigenvalue weighted by Crippen LogP contribution is -2.32. The summed E-state index contributed by atoms with van der Waals surface area (Å²) in [5.74, 6) is 2.33. The first-order valence-electron chi connectivity index (χ1n) is 10.6. The number of ether oxygens (including phenoxy) is 3. The number of hydrogen-bond acceptors (Lipinski definition) is 6. The predicted octanol–water partition coefficient (Wildman–Crippen LogP) is 6.56. The Bertz CT molecular complexity index is 1450. The highest BCUT2D eigenvalue weighted by molar-refractivity contribution is 6.35. The largest absolute Gasteiger partial charge is 0.497 e. The van der Waals surface area contributed by atoms with Gasteiger partial charge < -0.3 is 18.6 Å². The van der Waals surface area contributed by atoms with Crippen molar-refractivity contribution in [1.29, 1.82) is 0 Å². The maximum Gasteiger partial charge on any atom is 0.235 e. The highest BCUT2D eigenvalue weighted by Gasteiger charge is 2.24. The average molecular weight is 498 g/mol. The molecule has 174 valence electrons. The van der Waals surface area contributed by atoms with Gasteiger partial charge in [-0.2, -0.15) is 0 Å². The third-order valence-corrected chi connectivity index (χ3v) is 6.28. The van der Waals surface area contributed by atoms with Gasteiger partial charge in [-0.25, -0.2) is 0 Å². The molecular weight excluding hydrogens is 477 g/mol. The summed E-state index contributed by atoms with van der Waals surface area (Å²) in [5.41, 5.74) is 1.99. The molecule has 5 rings (SSSR count). The minimum absolute atomic E-state index is 0.141. The van der Waals surface area contributed by atoms with Crippen LogP contribution in [-0.4, -0.2) is 18.7 Å². The van der Waals surface area contributed by atoms with Gasteiger partial charge in [0, 0.05) is 29.2 Å². The van der Waals surface area contributed by atoms with E-state index in [1.807, 2.05) is 12.1 Å². The minimum atomic E-state index is -0.248. The molecule has 0 N–H and O–H groups in total.